The fourth-order valence-electron chi connectivity index (χ4n) is 3.70. The molecule has 8 heteroatoms. The van der Waals surface area contributed by atoms with Crippen LogP contribution in [0.5, 0.6) is 5.75 Å². The van der Waals surface area contributed by atoms with Gasteiger partial charge in [0.2, 0.25) is 0 Å². The summed E-state index contributed by atoms with van der Waals surface area (Å²) in [5.74, 6) is -0.678. The molecule has 194 valence electrons. The van der Waals surface area contributed by atoms with Gasteiger partial charge in [0.25, 0.3) is 11.8 Å². The molecule has 0 aliphatic rings. The van der Waals surface area contributed by atoms with E-state index in [9.17, 15) is 14.4 Å². The molecule has 1 heterocycles. The highest BCUT2D eigenvalue weighted by Crippen LogP contribution is 2.36. The number of thiophene rings is 1. The third-order valence-electron chi connectivity index (χ3n) is 5.67. The van der Waals surface area contributed by atoms with E-state index in [1.54, 1.807) is 31.2 Å². The zero-order chi connectivity index (χ0) is 26.9. The van der Waals surface area contributed by atoms with E-state index in [4.69, 9.17) is 9.47 Å². The molecule has 0 atom stereocenters. The molecule has 7 nitrogen and oxygen atoms in total. The topological polar surface area (TPSA) is 93.7 Å². The zero-order valence-electron chi connectivity index (χ0n) is 21.2. The smallest absolute Gasteiger partial charge is 0.341 e. The van der Waals surface area contributed by atoms with Gasteiger partial charge < -0.3 is 20.1 Å². The molecular formula is C30H28N2O5S. The summed E-state index contributed by atoms with van der Waals surface area (Å²) < 4.78 is 10.9. The molecule has 2 N–H and O–H groups in total. The highest BCUT2D eigenvalue weighted by molar-refractivity contribution is 7.15. The number of hydrogen-bond donors (Lipinski definition) is 2. The average Bonchev–Trinajstić information content (AvgIpc) is 3.35. The molecule has 4 aromatic rings. The minimum atomic E-state index is -0.498. The van der Waals surface area contributed by atoms with Crippen LogP contribution >= 0.6 is 11.3 Å². The first-order valence-corrected chi connectivity index (χ1v) is 13.0. The Balaban J connectivity index is 1.36. The van der Waals surface area contributed by atoms with Crippen molar-refractivity contribution in [1.29, 1.82) is 0 Å². The highest BCUT2D eigenvalue weighted by Gasteiger charge is 2.23. The van der Waals surface area contributed by atoms with Gasteiger partial charge in [-0.3, -0.25) is 9.59 Å². The van der Waals surface area contributed by atoms with Crippen LogP contribution < -0.4 is 15.4 Å². The number of hydrogen-bond acceptors (Lipinski definition) is 6. The Morgan fingerprint density at radius 2 is 1.61 bits per heavy atom. The van der Waals surface area contributed by atoms with Crippen molar-refractivity contribution >= 4 is 34.1 Å². The van der Waals surface area contributed by atoms with Crippen LogP contribution in [0.15, 0.2) is 84.2 Å². The van der Waals surface area contributed by atoms with Crippen LogP contribution in [0.4, 0.5) is 5.00 Å². The van der Waals surface area contributed by atoms with Crippen molar-refractivity contribution in [2.45, 2.75) is 20.4 Å². The van der Waals surface area contributed by atoms with E-state index in [0.717, 1.165) is 16.7 Å². The fourth-order valence-corrected chi connectivity index (χ4v) is 4.67. The molecule has 38 heavy (non-hydrogen) atoms. The minimum absolute atomic E-state index is 0.202. The molecular weight excluding hydrogens is 500 g/mol. The van der Waals surface area contributed by atoms with Gasteiger partial charge in [0.15, 0.2) is 6.61 Å². The average molecular weight is 529 g/mol. The Kier molecular flexibility index (Phi) is 8.89. The van der Waals surface area contributed by atoms with E-state index < -0.39 is 11.9 Å². The summed E-state index contributed by atoms with van der Waals surface area (Å²) in [6.07, 6.45) is 0. The van der Waals surface area contributed by atoms with Crippen LogP contribution in [0.2, 0.25) is 0 Å². The van der Waals surface area contributed by atoms with Gasteiger partial charge in [-0.1, -0.05) is 60.2 Å². The van der Waals surface area contributed by atoms with Crippen LogP contribution in [0.1, 0.15) is 38.8 Å². The molecule has 4 rings (SSSR count). The summed E-state index contributed by atoms with van der Waals surface area (Å²) in [5, 5.41) is 7.87. The van der Waals surface area contributed by atoms with Crippen molar-refractivity contribution < 1.29 is 23.9 Å². The number of esters is 1. The summed E-state index contributed by atoms with van der Waals surface area (Å²) in [6, 6.07) is 24.0. The van der Waals surface area contributed by atoms with E-state index in [0.29, 0.717) is 34.0 Å². The van der Waals surface area contributed by atoms with E-state index in [1.165, 1.54) is 11.3 Å². The van der Waals surface area contributed by atoms with Gasteiger partial charge in [0.05, 0.1) is 6.61 Å². The summed E-state index contributed by atoms with van der Waals surface area (Å²) in [4.78, 5) is 37.8. The molecule has 0 saturated heterocycles. The quantitative estimate of drug-likeness (QED) is 0.252. The van der Waals surface area contributed by atoms with Gasteiger partial charge in [-0.25, -0.2) is 4.79 Å². The largest absolute Gasteiger partial charge is 0.484 e. The van der Waals surface area contributed by atoms with Gasteiger partial charge in [-0.2, -0.15) is 0 Å². The van der Waals surface area contributed by atoms with Crippen molar-refractivity contribution in [3.8, 4) is 16.9 Å². The molecule has 0 unspecified atom stereocenters. The number of rotatable bonds is 10. The lowest BCUT2D eigenvalue weighted by atomic mass is 10.0. The Bertz CT molecular complexity index is 1400. The van der Waals surface area contributed by atoms with Gasteiger partial charge in [0, 0.05) is 23.1 Å². The molecule has 0 saturated carbocycles. The van der Waals surface area contributed by atoms with Crippen molar-refractivity contribution in [3.05, 3.63) is 106 Å². The van der Waals surface area contributed by atoms with Crippen LogP contribution in [-0.2, 0) is 16.1 Å². The third kappa shape index (κ3) is 6.86. The molecule has 0 bridgehead atoms. The van der Waals surface area contributed by atoms with E-state index >= 15 is 0 Å². The van der Waals surface area contributed by atoms with Crippen molar-refractivity contribution in [1.82, 2.24) is 5.32 Å². The van der Waals surface area contributed by atoms with Crippen LogP contribution in [0, 0.1) is 6.92 Å². The predicted octanol–water partition coefficient (Wildman–Crippen LogP) is 5.85. The maximum Gasteiger partial charge on any atom is 0.341 e. The predicted molar refractivity (Wildman–Crippen MR) is 149 cm³/mol. The maximum atomic E-state index is 12.7. The molecule has 1 aromatic heterocycles. The van der Waals surface area contributed by atoms with Gasteiger partial charge >= 0.3 is 5.97 Å². The summed E-state index contributed by atoms with van der Waals surface area (Å²) in [6.45, 7) is 4.11. The Labute approximate surface area is 225 Å². The summed E-state index contributed by atoms with van der Waals surface area (Å²) in [7, 11) is 0. The van der Waals surface area contributed by atoms with Crippen LogP contribution in [0.25, 0.3) is 11.1 Å². The molecule has 0 aliphatic carbocycles. The van der Waals surface area contributed by atoms with Gasteiger partial charge in [-0.05, 0) is 49.2 Å². The normalized spacial score (nSPS) is 10.5. The maximum absolute atomic E-state index is 12.7. The second-order valence-electron chi connectivity index (χ2n) is 8.47. The number of nitrogens with one attached hydrogen (secondary N) is 2. The molecule has 0 aliphatic heterocycles. The fraction of sp³-hybridized carbons (Fsp3) is 0.167. The Hall–Kier alpha value is -4.43. The van der Waals surface area contributed by atoms with Crippen molar-refractivity contribution in [2.75, 3.05) is 18.5 Å². The second-order valence-corrected chi connectivity index (χ2v) is 9.35. The highest BCUT2D eigenvalue weighted by atomic mass is 32.1. The van der Waals surface area contributed by atoms with E-state index in [-0.39, 0.29) is 19.1 Å². The molecule has 2 amide bonds. The second kappa shape index (κ2) is 12.7. The lowest BCUT2D eigenvalue weighted by Crippen LogP contribution is -2.23. The molecule has 0 radical (unpaired) electrons. The zero-order valence-corrected chi connectivity index (χ0v) is 22.0. The lowest BCUT2D eigenvalue weighted by molar-refractivity contribution is -0.118. The van der Waals surface area contributed by atoms with E-state index in [2.05, 4.69) is 10.6 Å². The number of benzene rings is 3. The molecule has 3 aromatic carbocycles. The SMILES string of the molecule is CCOC(=O)c1c(-c2ccc(C)cc2)csc1NC(=O)COc1ccc(C(=O)NCc2ccccc2)cc1. The van der Waals surface area contributed by atoms with Gasteiger partial charge in [-0.15, -0.1) is 11.3 Å². The number of ether oxygens (including phenoxy) is 2. The Morgan fingerprint density at radius 1 is 0.895 bits per heavy atom. The lowest BCUT2D eigenvalue weighted by Gasteiger charge is -2.10. The van der Waals surface area contributed by atoms with E-state index in [1.807, 2.05) is 66.9 Å². The first-order valence-electron chi connectivity index (χ1n) is 12.1. The number of aryl methyl sites for hydroxylation is 1. The standard InChI is InChI=1S/C30H28N2O5S/c1-3-36-30(35)27-25(22-11-9-20(2)10-12-22)19-38-29(27)32-26(33)18-37-24-15-13-23(14-16-24)28(34)31-17-21-7-5-4-6-8-21/h4-16,19H,3,17-18H2,1-2H3,(H,31,34)(H,32,33). The minimum Gasteiger partial charge on any atom is -0.484 e. The first-order chi connectivity index (χ1) is 18.4. The van der Waals surface area contributed by atoms with Crippen molar-refractivity contribution in [3.63, 3.8) is 0 Å². The summed E-state index contributed by atoms with van der Waals surface area (Å²) in [5.41, 5.74) is 4.48. The Morgan fingerprint density at radius 3 is 2.29 bits per heavy atom. The van der Waals surface area contributed by atoms with Gasteiger partial charge in [0.1, 0.15) is 16.3 Å². The van der Waals surface area contributed by atoms with Crippen molar-refractivity contribution in [2.24, 2.45) is 0 Å². The molecule has 0 fully saturated rings. The molecule has 0 spiro atoms. The monoisotopic (exact) mass is 528 g/mol. The third-order valence-corrected chi connectivity index (χ3v) is 6.56. The number of anilines is 1. The number of amides is 2. The van der Waals surface area contributed by atoms with Crippen LogP contribution in [-0.4, -0.2) is 31.0 Å². The summed E-state index contributed by atoms with van der Waals surface area (Å²) >= 11 is 1.25. The number of carbonyl (C=O) groups is 3. The first kappa shape index (κ1) is 26.6. The number of carbonyl (C=O) groups excluding carboxylic acids is 3. The van der Waals surface area contributed by atoms with Crippen LogP contribution in [0.3, 0.4) is 0 Å².